The van der Waals surface area contributed by atoms with Gasteiger partial charge in [-0.25, -0.2) is 4.79 Å². The number of rotatable bonds is 1. The van der Waals surface area contributed by atoms with Crippen molar-refractivity contribution in [2.45, 2.75) is 58.1 Å². The Bertz CT molecular complexity index is 607. The van der Waals surface area contributed by atoms with Crippen LogP contribution in [0.2, 0.25) is 0 Å². The summed E-state index contributed by atoms with van der Waals surface area (Å²) in [4.78, 5) is 14.8. The number of ether oxygens (including phenoxy) is 1. The Morgan fingerprint density at radius 1 is 1.32 bits per heavy atom. The quantitative estimate of drug-likeness (QED) is 0.498. The van der Waals surface area contributed by atoms with Gasteiger partial charge in [-0.2, -0.15) is 0 Å². The molecule has 1 aliphatic heterocycles. The second-order valence-corrected chi connectivity index (χ2v) is 9.29. The summed E-state index contributed by atoms with van der Waals surface area (Å²) in [6, 6.07) is 4.53. The maximum absolute atomic E-state index is 12.8. The monoisotopic (exact) mass is 477 g/mol. The summed E-state index contributed by atoms with van der Waals surface area (Å²) in [7, 11) is 0. The molecule has 1 fully saturated rings. The van der Waals surface area contributed by atoms with Crippen molar-refractivity contribution >= 4 is 50.3 Å². The van der Waals surface area contributed by atoms with Crippen molar-refractivity contribution in [3.05, 3.63) is 25.7 Å². The highest BCUT2D eigenvalue weighted by molar-refractivity contribution is 14.1. The Morgan fingerprint density at radius 3 is 2.59 bits per heavy atom. The van der Waals surface area contributed by atoms with Crippen LogP contribution < -0.4 is 4.90 Å². The standard InChI is InChI=1S/C17H21BrINO2/c1-17(2,3)22-16(21)20-14(10-4-5-10)7-6-11-8-12(19)9-13(18)15(11)20/h8-10,14H,4-7H2,1-3H3. The number of halogens is 2. The Hall–Kier alpha value is -0.300. The molecule has 1 heterocycles. The lowest BCUT2D eigenvalue weighted by Gasteiger charge is -2.39. The van der Waals surface area contributed by atoms with Crippen molar-refractivity contribution < 1.29 is 9.53 Å². The zero-order valence-corrected chi connectivity index (χ0v) is 16.9. The molecule has 3 rings (SSSR count). The van der Waals surface area contributed by atoms with Crippen molar-refractivity contribution in [3.63, 3.8) is 0 Å². The molecule has 0 radical (unpaired) electrons. The minimum Gasteiger partial charge on any atom is -0.443 e. The van der Waals surface area contributed by atoms with E-state index in [1.807, 2.05) is 25.7 Å². The number of aryl methyl sites for hydroxylation is 1. The van der Waals surface area contributed by atoms with E-state index < -0.39 is 5.60 Å². The zero-order chi connectivity index (χ0) is 16.1. The van der Waals surface area contributed by atoms with Gasteiger partial charge in [0.05, 0.1) is 5.69 Å². The van der Waals surface area contributed by atoms with Crippen LogP contribution in [0.3, 0.4) is 0 Å². The van der Waals surface area contributed by atoms with Crippen LogP contribution in [0.4, 0.5) is 10.5 Å². The fourth-order valence-electron chi connectivity index (χ4n) is 3.14. The molecule has 1 unspecified atom stereocenters. The van der Waals surface area contributed by atoms with Crippen molar-refractivity contribution in [1.82, 2.24) is 0 Å². The highest BCUT2D eigenvalue weighted by atomic mass is 127. The van der Waals surface area contributed by atoms with E-state index in [0.29, 0.717) is 5.92 Å². The number of hydrogen-bond acceptors (Lipinski definition) is 2. The van der Waals surface area contributed by atoms with Gasteiger partial charge in [-0.1, -0.05) is 0 Å². The molecular formula is C17H21BrINO2. The van der Waals surface area contributed by atoms with E-state index in [9.17, 15) is 4.79 Å². The maximum atomic E-state index is 12.8. The van der Waals surface area contributed by atoms with Crippen molar-refractivity contribution in [2.75, 3.05) is 4.90 Å². The number of carbonyl (C=O) groups is 1. The molecule has 1 amide bonds. The first-order valence-electron chi connectivity index (χ1n) is 7.76. The summed E-state index contributed by atoms with van der Waals surface area (Å²) >= 11 is 5.99. The van der Waals surface area contributed by atoms with Crippen molar-refractivity contribution in [2.24, 2.45) is 5.92 Å². The number of hydrogen-bond donors (Lipinski definition) is 0. The van der Waals surface area contributed by atoms with Gasteiger partial charge < -0.3 is 4.74 Å². The Morgan fingerprint density at radius 2 is 2.00 bits per heavy atom. The minimum atomic E-state index is -0.474. The molecule has 3 nitrogen and oxygen atoms in total. The highest BCUT2D eigenvalue weighted by Gasteiger charge is 2.43. The van der Waals surface area contributed by atoms with Gasteiger partial charge in [0.25, 0.3) is 0 Å². The Labute approximate surface area is 154 Å². The average Bonchev–Trinajstić information content (AvgIpc) is 3.19. The lowest BCUT2D eigenvalue weighted by atomic mass is 9.93. The van der Waals surface area contributed by atoms with Crippen LogP contribution in [0.5, 0.6) is 0 Å². The number of nitrogens with zero attached hydrogens (tertiary/aromatic N) is 1. The highest BCUT2D eigenvalue weighted by Crippen LogP contribution is 2.46. The van der Waals surface area contributed by atoms with Crippen LogP contribution in [-0.2, 0) is 11.2 Å². The topological polar surface area (TPSA) is 29.5 Å². The second kappa shape index (κ2) is 5.96. The van der Waals surface area contributed by atoms with Gasteiger partial charge in [0.1, 0.15) is 5.60 Å². The van der Waals surface area contributed by atoms with Gasteiger partial charge in [-0.05, 0) is 109 Å². The fraction of sp³-hybridized carbons (Fsp3) is 0.588. The summed E-state index contributed by atoms with van der Waals surface area (Å²) in [6.45, 7) is 5.76. The SMILES string of the molecule is CC(C)(C)OC(=O)N1c2c(Br)cc(I)cc2CCC1C1CC1. The summed E-state index contributed by atoms with van der Waals surface area (Å²) < 4.78 is 7.87. The van der Waals surface area contributed by atoms with E-state index in [-0.39, 0.29) is 12.1 Å². The van der Waals surface area contributed by atoms with E-state index in [0.717, 1.165) is 23.0 Å². The molecule has 1 aliphatic carbocycles. The molecule has 0 spiro atoms. The van der Waals surface area contributed by atoms with Crippen LogP contribution in [0.1, 0.15) is 45.6 Å². The molecule has 120 valence electrons. The lowest BCUT2D eigenvalue weighted by Crippen LogP contribution is -2.47. The predicted octanol–water partition coefficient (Wildman–Crippen LogP) is 5.52. The third kappa shape index (κ3) is 3.45. The first-order chi connectivity index (χ1) is 10.3. The van der Waals surface area contributed by atoms with E-state index in [2.05, 4.69) is 50.7 Å². The molecule has 1 saturated carbocycles. The molecule has 2 aliphatic rings. The summed E-state index contributed by atoms with van der Waals surface area (Å²) in [5, 5.41) is 0. The first kappa shape index (κ1) is 16.6. The smallest absolute Gasteiger partial charge is 0.415 e. The van der Waals surface area contributed by atoms with E-state index in [4.69, 9.17) is 4.74 Å². The Balaban J connectivity index is 2.01. The van der Waals surface area contributed by atoms with Crippen LogP contribution in [0.25, 0.3) is 0 Å². The lowest BCUT2D eigenvalue weighted by molar-refractivity contribution is 0.0555. The molecule has 5 heteroatoms. The molecule has 0 N–H and O–H groups in total. The summed E-state index contributed by atoms with van der Waals surface area (Å²) in [5.74, 6) is 0.631. The molecule has 0 saturated heterocycles. The number of benzene rings is 1. The second-order valence-electron chi connectivity index (χ2n) is 7.19. The molecule has 0 bridgehead atoms. The van der Waals surface area contributed by atoms with Gasteiger partial charge in [0.15, 0.2) is 0 Å². The van der Waals surface area contributed by atoms with E-state index >= 15 is 0 Å². The number of carbonyl (C=O) groups excluding carboxylic acids is 1. The molecule has 0 aromatic heterocycles. The largest absolute Gasteiger partial charge is 0.443 e. The van der Waals surface area contributed by atoms with Gasteiger partial charge in [-0.15, -0.1) is 0 Å². The van der Waals surface area contributed by atoms with E-state index in [1.54, 1.807) is 0 Å². The maximum Gasteiger partial charge on any atom is 0.415 e. The molecule has 1 aromatic rings. The number of anilines is 1. The van der Waals surface area contributed by atoms with Crippen LogP contribution >= 0.6 is 38.5 Å². The van der Waals surface area contributed by atoms with Crippen molar-refractivity contribution in [1.29, 1.82) is 0 Å². The summed E-state index contributed by atoms with van der Waals surface area (Å²) in [6.07, 6.45) is 4.30. The van der Waals surface area contributed by atoms with Crippen molar-refractivity contribution in [3.8, 4) is 0 Å². The van der Waals surface area contributed by atoms with Gasteiger partial charge in [0, 0.05) is 14.1 Å². The minimum absolute atomic E-state index is 0.216. The third-order valence-electron chi connectivity index (χ3n) is 4.15. The summed E-state index contributed by atoms with van der Waals surface area (Å²) in [5.41, 5.74) is 1.78. The first-order valence-corrected chi connectivity index (χ1v) is 9.63. The fourth-order valence-corrected chi connectivity index (χ4v) is 4.95. The van der Waals surface area contributed by atoms with Gasteiger partial charge >= 0.3 is 6.09 Å². The third-order valence-corrected chi connectivity index (χ3v) is 5.37. The van der Waals surface area contributed by atoms with Crippen LogP contribution in [0, 0.1) is 9.49 Å². The zero-order valence-electron chi connectivity index (χ0n) is 13.2. The number of fused-ring (bicyclic) bond motifs is 1. The Kier molecular flexibility index (Phi) is 4.49. The van der Waals surface area contributed by atoms with E-state index in [1.165, 1.54) is 22.0 Å². The molecular weight excluding hydrogens is 457 g/mol. The molecule has 22 heavy (non-hydrogen) atoms. The van der Waals surface area contributed by atoms with Gasteiger partial charge in [-0.3, -0.25) is 4.90 Å². The van der Waals surface area contributed by atoms with Gasteiger partial charge in [0.2, 0.25) is 0 Å². The molecule has 1 aromatic carbocycles. The van der Waals surface area contributed by atoms with Crippen LogP contribution in [0.15, 0.2) is 16.6 Å². The normalized spacial score (nSPS) is 21.5. The van der Waals surface area contributed by atoms with Crippen LogP contribution in [-0.4, -0.2) is 17.7 Å². The predicted molar refractivity (Wildman–Crippen MR) is 100 cm³/mol. The number of amides is 1. The average molecular weight is 478 g/mol. The molecule has 1 atom stereocenters.